The van der Waals surface area contributed by atoms with Crippen LogP contribution in [0.4, 0.5) is 0 Å². The van der Waals surface area contributed by atoms with Crippen LogP contribution in [0, 0.1) is 5.92 Å². The first kappa shape index (κ1) is 17.2. The maximum atomic E-state index is 11.8. The zero-order chi connectivity index (χ0) is 16.5. The molecule has 3 rings (SSSR count). The highest BCUT2D eigenvalue weighted by Gasteiger charge is 2.51. The van der Waals surface area contributed by atoms with Gasteiger partial charge in [0.25, 0.3) is 0 Å². The molecule has 2 saturated heterocycles. The summed E-state index contributed by atoms with van der Waals surface area (Å²) in [6.45, 7) is 6.99. The van der Waals surface area contributed by atoms with Gasteiger partial charge in [-0.3, -0.25) is 4.79 Å². The van der Waals surface area contributed by atoms with Crippen LogP contribution >= 0.6 is 0 Å². The van der Waals surface area contributed by atoms with Gasteiger partial charge in [-0.05, 0) is 46.5 Å². The Labute approximate surface area is 139 Å². The molecule has 1 aliphatic carbocycles. The van der Waals surface area contributed by atoms with E-state index in [0.717, 1.165) is 6.42 Å². The maximum Gasteiger partial charge on any atom is 0.307 e. The van der Waals surface area contributed by atoms with Crippen LogP contribution in [0.1, 0.15) is 65.7 Å². The van der Waals surface area contributed by atoms with Gasteiger partial charge in [0.2, 0.25) is 0 Å². The molecule has 3 fully saturated rings. The van der Waals surface area contributed by atoms with E-state index in [1.54, 1.807) is 0 Å². The van der Waals surface area contributed by atoms with E-state index >= 15 is 0 Å². The first-order valence-corrected chi connectivity index (χ1v) is 9.19. The molecule has 5 heteroatoms. The van der Waals surface area contributed by atoms with E-state index in [9.17, 15) is 4.79 Å². The lowest BCUT2D eigenvalue weighted by Gasteiger charge is -2.45. The van der Waals surface area contributed by atoms with Crippen molar-refractivity contribution >= 4 is 5.97 Å². The number of rotatable bonds is 4. The van der Waals surface area contributed by atoms with E-state index in [-0.39, 0.29) is 23.7 Å². The third-order valence-electron chi connectivity index (χ3n) is 5.71. The van der Waals surface area contributed by atoms with Crippen LogP contribution in [0.15, 0.2) is 0 Å². The molecule has 5 nitrogen and oxygen atoms in total. The molecule has 0 aromatic heterocycles. The summed E-state index contributed by atoms with van der Waals surface area (Å²) >= 11 is 0. The summed E-state index contributed by atoms with van der Waals surface area (Å²) in [5.41, 5.74) is 0.115. The highest BCUT2D eigenvalue weighted by Crippen LogP contribution is 2.47. The predicted octanol–water partition coefficient (Wildman–Crippen LogP) is 2.77. The van der Waals surface area contributed by atoms with E-state index in [4.69, 9.17) is 14.2 Å². The number of piperidine rings is 1. The fourth-order valence-corrected chi connectivity index (χ4v) is 4.83. The minimum Gasteiger partial charge on any atom is -0.466 e. The average molecular weight is 325 g/mol. The molecule has 23 heavy (non-hydrogen) atoms. The Bertz CT molecular complexity index is 439. The summed E-state index contributed by atoms with van der Waals surface area (Å²) in [7, 11) is 0. The number of ether oxygens (including phenoxy) is 3. The first-order valence-electron chi connectivity index (χ1n) is 9.19. The monoisotopic (exact) mass is 325 g/mol. The van der Waals surface area contributed by atoms with E-state index in [2.05, 4.69) is 5.32 Å². The minimum absolute atomic E-state index is 0.0850. The molecule has 0 radical (unpaired) electrons. The van der Waals surface area contributed by atoms with Crippen molar-refractivity contribution in [1.29, 1.82) is 0 Å². The van der Waals surface area contributed by atoms with Gasteiger partial charge in [0.15, 0.2) is 5.79 Å². The highest BCUT2D eigenvalue weighted by atomic mass is 16.7. The molecule has 0 aromatic carbocycles. The molecular formula is C18H31NO4. The maximum absolute atomic E-state index is 11.8. The van der Waals surface area contributed by atoms with Crippen LogP contribution in [0.5, 0.6) is 0 Å². The summed E-state index contributed by atoms with van der Waals surface area (Å²) in [6, 6.07) is 0.235. The normalized spacial score (nSPS) is 39.7. The van der Waals surface area contributed by atoms with Crippen LogP contribution in [0.2, 0.25) is 0 Å². The molecule has 0 unspecified atom stereocenters. The molecule has 0 aromatic rings. The molecule has 2 aliphatic heterocycles. The second kappa shape index (κ2) is 6.69. The Morgan fingerprint density at radius 1 is 1.26 bits per heavy atom. The summed E-state index contributed by atoms with van der Waals surface area (Å²) in [5, 5.41) is 3.84. The van der Waals surface area contributed by atoms with Crippen molar-refractivity contribution in [2.24, 2.45) is 5.92 Å². The molecule has 1 N–H and O–H groups in total. The van der Waals surface area contributed by atoms with Crippen molar-refractivity contribution in [2.75, 3.05) is 13.2 Å². The Balaban J connectivity index is 1.66. The van der Waals surface area contributed by atoms with Crippen molar-refractivity contribution in [1.82, 2.24) is 5.32 Å². The average Bonchev–Trinajstić information content (AvgIpc) is 3.02. The largest absolute Gasteiger partial charge is 0.466 e. The fourth-order valence-electron chi connectivity index (χ4n) is 4.83. The Hall–Kier alpha value is -0.650. The van der Waals surface area contributed by atoms with Gasteiger partial charge in [-0.2, -0.15) is 0 Å². The van der Waals surface area contributed by atoms with Gasteiger partial charge in [-0.15, -0.1) is 0 Å². The lowest BCUT2D eigenvalue weighted by molar-refractivity contribution is -0.148. The summed E-state index contributed by atoms with van der Waals surface area (Å²) in [4.78, 5) is 11.8. The number of hydrogen-bond acceptors (Lipinski definition) is 5. The molecule has 4 atom stereocenters. The molecule has 132 valence electrons. The zero-order valence-electron chi connectivity index (χ0n) is 14.7. The van der Waals surface area contributed by atoms with E-state index in [1.807, 2.05) is 20.8 Å². The molecular weight excluding hydrogens is 294 g/mol. The number of nitrogens with one attached hydrogen (secondary N) is 1. The highest BCUT2D eigenvalue weighted by molar-refractivity contribution is 5.70. The second-order valence-electron chi connectivity index (χ2n) is 7.76. The smallest absolute Gasteiger partial charge is 0.307 e. The van der Waals surface area contributed by atoms with Gasteiger partial charge >= 0.3 is 5.97 Å². The van der Waals surface area contributed by atoms with E-state index in [0.29, 0.717) is 25.6 Å². The molecule has 1 saturated carbocycles. The van der Waals surface area contributed by atoms with Crippen molar-refractivity contribution in [3.63, 3.8) is 0 Å². The SMILES string of the molecule is CCOC(=O)C[C@H]1CCC[C@]2(CCC[C@@H]2[C@H]2COC(C)(C)O2)N1. The Morgan fingerprint density at radius 2 is 2.00 bits per heavy atom. The molecule has 2 heterocycles. The van der Waals surface area contributed by atoms with E-state index in [1.165, 1.54) is 32.1 Å². The van der Waals surface area contributed by atoms with Crippen molar-refractivity contribution in [2.45, 2.75) is 89.2 Å². The minimum atomic E-state index is -0.465. The summed E-state index contributed by atoms with van der Waals surface area (Å²) < 4.78 is 17.1. The number of carbonyl (C=O) groups is 1. The van der Waals surface area contributed by atoms with Crippen LogP contribution in [-0.4, -0.2) is 42.7 Å². The Kier molecular flexibility index (Phi) is 5.00. The van der Waals surface area contributed by atoms with Gasteiger partial charge < -0.3 is 19.5 Å². The van der Waals surface area contributed by atoms with Crippen molar-refractivity contribution in [3.05, 3.63) is 0 Å². The van der Waals surface area contributed by atoms with Crippen LogP contribution in [0.25, 0.3) is 0 Å². The molecule has 3 aliphatic rings. The number of carbonyl (C=O) groups excluding carboxylic acids is 1. The summed E-state index contributed by atoms with van der Waals surface area (Å²) in [6.07, 6.45) is 7.64. The molecule has 0 bridgehead atoms. The van der Waals surface area contributed by atoms with Gasteiger partial charge in [-0.25, -0.2) is 0 Å². The number of hydrogen-bond donors (Lipinski definition) is 1. The summed E-state index contributed by atoms with van der Waals surface area (Å²) in [5.74, 6) is -0.0690. The second-order valence-corrected chi connectivity index (χ2v) is 7.76. The quantitative estimate of drug-likeness (QED) is 0.806. The third kappa shape index (κ3) is 3.72. The lowest BCUT2D eigenvalue weighted by Crippen LogP contribution is -2.58. The van der Waals surface area contributed by atoms with Crippen molar-refractivity contribution in [3.8, 4) is 0 Å². The first-order chi connectivity index (χ1) is 10.9. The van der Waals surface area contributed by atoms with Crippen LogP contribution < -0.4 is 5.32 Å². The van der Waals surface area contributed by atoms with Gasteiger partial charge in [0.1, 0.15) is 0 Å². The molecule has 0 amide bonds. The van der Waals surface area contributed by atoms with Gasteiger partial charge in [-0.1, -0.05) is 12.8 Å². The Morgan fingerprint density at radius 3 is 2.65 bits per heavy atom. The standard InChI is InChI=1S/C18H31NO4/c1-4-21-16(20)11-13-7-5-9-18(19-13)10-6-8-14(18)15-12-22-17(2,3)23-15/h13-15,19H,4-12H2,1-3H3/t13-,14-,15-,18-/m1/s1. The van der Waals surface area contributed by atoms with E-state index < -0.39 is 5.79 Å². The third-order valence-corrected chi connectivity index (χ3v) is 5.71. The molecule has 1 spiro atoms. The van der Waals surface area contributed by atoms with Crippen molar-refractivity contribution < 1.29 is 19.0 Å². The number of esters is 1. The topological polar surface area (TPSA) is 56.8 Å². The van der Waals surface area contributed by atoms with Crippen LogP contribution in [-0.2, 0) is 19.0 Å². The predicted molar refractivity (Wildman–Crippen MR) is 87.0 cm³/mol. The lowest BCUT2D eigenvalue weighted by atomic mass is 9.75. The zero-order valence-corrected chi connectivity index (χ0v) is 14.7. The van der Waals surface area contributed by atoms with Gasteiger partial charge in [0.05, 0.1) is 25.7 Å². The fraction of sp³-hybridized carbons (Fsp3) is 0.944. The van der Waals surface area contributed by atoms with Crippen LogP contribution in [0.3, 0.4) is 0 Å². The van der Waals surface area contributed by atoms with Gasteiger partial charge in [0, 0.05) is 17.5 Å².